The van der Waals surface area contributed by atoms with Gasteiger partial charge in [0.1, 0.15) is 0 Å². The summed E-state index contributed by atoms with van der Waals surface area (Å²) in [4.78, 5) is 22.2. The minimum atomic E-state index is -0.639. The van der Waals surface area contributed by atoms with Crippen LogP contribution in [0.3, 0.4) is 0 Å². The molecule has 0 aromatic heterocycles. The van der Waals surface area contributed by atoms with Crippen molar-refractivity contribution in [2.24, 2.45) is 0 Å². The number of nitro groups is 1. The quantitative estimate of drug-likeness (QED) is 0.598. The van der Waals surface area contributed by atoms with E-state index in [1.165, 1.54) is 12.1 Å². The summed E-state index contributed by atoms with van der Waals surface area (Å²) in [7, 11) is 1.62. The van der Waals surface area contributed by atoms with Crippen molar-refractivity contribution in [1.29, 1.82) is 0 Å². The highest BCUT2D eigenvalue weighted by Gasteiger charge is 2.24. The predicted octanol–water partition coefficient (Wildman–Crippen LogP) is 2.55. The Morgan fingerprint density at radius 2 is 1.95 bits per heavy atom. The normalized spacial score (nSPS) is 12.5. The molecule has 122 valence electrons. The van der Waals surface area contributed by atoms with Crippen LogP contribution >= 0.6 is 0 Å². The summed E-state index contributed by atoms with van der Waals surface area (Å²) in [5.41, 5.74) is 0.176. The summed E-state index contributed by atoms with van der Waals surface area (Å²) in [5.74, 6) is 0. The van der Waals surface area contributed by atoms with Crippen molar-refractivity contribution in [3.8, 4) is 0 Å². The smallest absolute Gasteiger partial charge is 0.315 e. The van der Waals surface area contributed by atoms with Crippen molar-refractivity contribution in [3.05, 3.63) is 39.9 Å². The number of urea groups is 1. The highest BCUT2D eigenvalue weighted by molar-refractivity contribution is 5.75. The van der Waals surface area contributed by atoms with E-state index >= 15 is 0 Å². The van der Waals surface area contributed by atoms with E-state index < -0.39 is 10.5 Å². The molecule has 0 aliphatic heterocycles. The average molecular weight is 309 g/mol. The van der Waals surface area contributed by atoms with Crippen molar-refractivity contribution in [3.63, 3.8) is 0 Å². The summed E-state index contributed by atoms with van der Waals surface area (Å²) < 4.78 is 4.97. The van der Waals surface area contributed by atoms with E-state index in [0.717, 1.165) is 12.0 Å². The van der Waals surface area contributed by atoms with Crippen molar-refractivity contribution in [1.82, 2.24) is 10.6 Å². The van der Waals surface area contributed by atoms with Crippen LogP contribution in [-0.2, 0) is 10.3 Å². The van der Waals surface area contributed by atoms with Gasteiger partial charge >= 0.3 is 6.03 Å². The number of amides is 2. The minimum Gasteiger partial charge on any atom is -0.385 e. The Morgan fingerprint density at radius 1 is 1.36 bits per heavy atom. The summed E-state index contributed by atoms with van der Waals surface area (Å²) in [6, 6.07) is 5.86. The first kappa shape index (κ1) is 17.9. The fourth-order valence-corrected chi connectivity index (χ4v) is 1.98. The SMILES string of the molecule is COCCC(C)NC(=O)NC(C)(C)c1ccc([N+](=O)[O-])cc1. The first-order chi connectivity index (χ1) is 10.3. The molecule has 1 aromatic carbocycles. The molecule has 7 nitrogen and oxygen atoms in total. The van der Waals surface area contributed by atoms with Gasteiger partial charge in [0, 0.05) is 31.9 Å². The Hall–Kier alpha value is -2.15. The highest BCUT2D eigenvalue weighted by Crippen LogP contribution is 2.22. The van der Waals surface area contributed by atoms with Crippen LogP contribution in [0.4, 0.5) is 10.5 Å². The second-order valence-corrected chi connectivity index (χ2v) is 5.71. The number of rotatable bonds is 7. The van der Waals surface area contributed by atoms with Gasteiger partial charge in [-0.1, -0.05) is 0 Å². The number of ether oxygens (including phenoxy) is 1. The van der Waals surface area contributed by atoms with Crippen molar-refractivity contribution >= 4 is 11.7 Å². The lowest BCUT2D eigenvalue weighted by Gasteiger charge is -2.28. The highest BCUT2D eigenvalue weighted by atomic mass is 16.6. The van der Waals surface area contributed by atoms with Crippen LogP contribution in [0.5, 0.6) is 0 Å². The average Bonchev–Trinajstić information content (AvgIpc) is 2.44. The van der Waals surface area contributed by atoms with Crippen LogP contribution in [0.25, 0.3) is 0 Å². The van der Waals surface area contributed by atoms with Crippen LogP contribution in [-0.4, -0.2) is 30.7 Å². The lowest BCUT2D eigenvalue weighted by molar-refractivity contribution is -0.384. The van der Waals surface area contributed by atoms with Crippen molar-refractivity contribution < 1.29 is 14.5 Å². The molecule has 1 atom stereocenters. The molecule has 0 fully saturated rings. The Kier molecular flexibility index (Phi) is 6.30. The number of non-ortho nitro benzene ring substituents is 1. The largest absolute Gasteiger partial charge is 0.385 e. The second-order valence-electron chi connectivity index (χ2n) is 5.71. The van der Waals surface area contributed by atoms with Gasteiger partial charge in [0.05, 0.1) is 10.5 Å². The zero-order valence-corrected chi connectivity index (χ0v) is 13.4. The monoisotopic (exact) mass is 309 g/mol. The molecule has 0 saturated heterocycles. The number of carbonyl (C=O) groups is 1. The lowest BCUT2D eigenvalue weighted by Crippen LogP contribution is -2.49. The maximum absolute atomic E-state index is 12.0. The summed E-state index contributed by atoms with van der Waals surface area (Å²) in [6.07, 6.45) is 0.724. The number of nitro benzene ring substituents is 1. The van der Waals surface area contributed by atoms with E-state index in [0.29, 0.717) is 6.61 Å². The topological polar surface area (TPSA) is 93.5 Å². The molecule has 0 heterocycles. The number of nitrogens with one attached hydrogen (secondary N) is 2. The molecule has 22 heavy (non-hydrogen) atoms. The fraction of sp³-hybridized carbons (Fsp3) is 0.533. The number of benzene rings is 1. The zero-order valence-electron chi connectivity index (χ0n) is 13.4. The fourth-order valence-electron chi connectivity index (χ4n) is 1.98. The molecule has 2 N–H and O–H groups in total. The predicted molar refractivity (Wildman–Crippen MR) is 83.7 cm³/mol. The Bertz CT molecular complexity index is 514. The minimum absolute atomic E-state index is 0.00684. The van der Waals surface area contributed by atoms with Gasteiger partial charge in [0.2, 0.25) is 0 Å². The molecule has 0 spiro atoms. The van der Waals surface area contributed by atoms with E-state index in [9.17, 15) is 14.9 Å². The van der Waals surface area contributed by atoms with Gasteiger partial charge in [0.15, 0.2) is 0 Å². The molecule has 0 bridgehead atoms. The molecule has 1 rings (SSSR count). The molecular weight excluding hydrogens is 286 g/mol. The van der Waals surface area contributed by atoms with E-state index in [2.05, 4.69) is 10.6 Å². The third-order valence-corrected chi connectivity index (χ3v) is 3.36. The van der Waals surface area contributed by atoms with E-state index in [1.54, 1.807) is 19.2 Å². The van der Waals surface area contributed by atoms with Crippen LogP contribution in [0, 0.1) is 10.1 Å². The summed E-state index contributed by atoms with van der Waals surface area (Å²) in [5, 5.41) is 16.4. The number of nitrogens with zero attached hydrogens (tertiary/aromatic N) is 1. The van der Waals surface area contributed by atoms with Gasteiger partial charge in [-0.2, -0.15) is 0 Å². The van der Waals surface area contributed by atoms with Gasteiger partial charge < -0.3 is 15.4 Å². The van der Waals surface area contributed by atoms with Crippen LogP contribution in [0.15, 0.2) is 24.3 Å². The first-order valence-corrected chi connectivity index (χ1v) is 7.09. The van der Waals surface area contributed by atoms with Crippen LogP contribution < -0.4 is 10.6 Å². The maximum Gasteiger partial charge on any atom is 0.315 e. The molecular formula is C15H23N3O4. The van der Waals surface area contributed by atoms with Gasteiger partial charge in [-0.25, -0.2) is 4.79 Å². The van der Waals surface area contributed by atoms with Crippen LogP contribution in [0.1, 0.15) is 32.8 Å². The molecule has 0 radical (unpaired) electrons. The molecule has 0 aliphatic rings. The maximum atomic E-state index is 12.0. The second kappa shape index (κ2) is 7.74. The van der Waals surface area contributed by atoms with Crippen molar-refractivity contribution in [2.75, 3.05) is 13.7 Å². The third kappa shape index (κ3) is 5.33. The van der Waals surface area contributed by atoms with E-state index in [4.69, 9.17) is 4.74 Å². The van der Waals surface area contributed by atoms with E-state index in [1.807, 2.05) is 20.8 Å². The first-order valence-electron chi connectivity index (χ1n) is 7.09. The molecule has 7 heteroatoms. The molecule has 1 aromatic rings. The Morgan fingerprint density at radius 3 is 2.45 bits per heavy atom. The molecule has 2 amide bonds. The number of methoxy groups -OCH3 is 1. The van der Waals surface area contributed by atoms with E-state index in [-0.39, 0.29) is 17.8 Å². The van der Waals surface area contributed by atoms with Gasteiger partial charge in [-0.3, -0.25) is 10.1 Å². The number of hydrogen-bond acceptors (Lipinski definition) is 4. The van der Waals surface area contributed by atoms with Gasteiger partial charge in [0.25, 0.3) is 5.69 Å². The summed E-state index contributed by atoms with van der Waals surface area (Å²) in [6.45, 7) is 6.16. The van der Waals surface area contributed by atoms with Crippen molar-refractivity contribution in [2.45, 2.75) is 38.8 Å². The third-order valence-electron chi connectivity index (χ3n) is 3.36. The zero-order chi connectivity index (χ0) is 16.8. The number of hydrogen-bond donors (Lipinski definition) is 2. The number of carbonyl (C=O) groups excluding carboxylic acids is 1. The lowest BCUT2D eigenvalue weighted by atomic mass is 9.94. The van der Waals surface area contributed by atoms with Gasteiger partial charge in [-0.05, 0) is 44.9 Å². The Balaban J connectivity index is 2.65. The Labute approximate surface area is 130 Å². The molecule has 1 unspecified atom stereocenters. The molecule has 0 saturated carbocycles. The standard InChI is InChI=1S/C15H23N3O4/c1-11(9-10-22-4)16-14(19)17-15(2,3)12-5-7-13(8-6-12)18(20)21/h5-8,11H,9-10H2,1-4H3,(H2,16,17,19). The molecule has 0 aliphatic carbocycles. The van der Waals surface area contributed by atoms with Gasteiger partial charge in [-0.15, -0.1) is 0 Å². The van der Waals surface area contributed by atoms with Crippen LogP contribution in [0.2, 0.25) is 0 Å². The summed E-state index contributed by atoms with van der Waals surface area (Å²) >= 11 is 0.